The van der Waals surface area contributed by atoms with Gasteiger partial charge in [-0.2, -0.15) is 0 Å². The topological polar surface area (TPSA) is 65.2 Å². The first-order valence-corrected chi connectivity index (χ1v) is 8.88. The number of phenolic OH excluding ortho intramolecular Hbond substituents is 2. The SMILES string of the molecule is Oc1ccccc1C=Nc1ccc2ccccc2c1N=Cc1ccccc1O.[Zn]. The van der Waals surface area contributed by atoms with Gasteiger partial charge in [-0.25, -0.2) is 0 Å². The van der Waals surface area contributed by atoms with Gasteiger partial charge in [0.25, 0.3) is 0 Å². The van der Waals surface area contributed by atoms with Crippen LogP contribution in [0.1, 0.15) is 11.1 Å². The van der Waals surface area contributed by atoms with Gasteiger partial charge in [0.1, 0.15) is 11.5 Å². The summed E-state index contributed by atoms with van der Waals surface area (Å²) in [6.45, 7) is 0. The summed E-state index contributed by atoms with van der Waals surface area (Å²) in [5.41, 5.74) is 2.64. The summed E-state index contributed by atoms with van der Waals surface area (Å²) in [4.78, 5) is 9.20. The number of benzene rings is 4. The van der Waals surface area contributed by atoms with E-state index in [9.17, 15) is 10.2 Å². The number of nitrogens with zero attached hydrogens (tertiary/aromatic N) is 2. The van der Waals surface area contributed by atoms with Gasteiger partial charge in [-0.05, 0) is 35.7 Å². The molecule has 0 atom stereocenters. The fraction of sp³-hybridized carbons (Fsp3) is 0. The predicted octanol–water partition coefficient (Wildman–Crippen LogP) is 5.75. The maximum atomic E-state index is 10.0. The van der Waals surface area contributed by atoms with Crippen molar-refractivity contribution in [2.45, 2.75) is 0 Å². The van der Waals surface area contributed by atoms with Crippen LogP contribution in [0.5, 0.6) is 11.5 Å². The quantitative estimate of drug-likeness (QED) is 0.319. The molecule has 0 heterocycles. The molecule has 0 unspecified atom stereocenters. The molecule has 0 amide bonds. The fourth-order valence-electron chi connectivity index (χ4n) is 2.95. The van der Waals surface area contributed by atoms with Crippen LogP contribution >= 0.6 is 0 Å². The number of hydrogen-bond acceptors (Lipinski definition) is 4. The Morgan fingerprint density at radius 2 is 1.14 bits per heavy atom. The van der Waals surface area contributed by atoms with Gasteiger partial charge in [0, 0.05) is 48.4 Å². The molecule has 2 N–H and O–H groups in total. The van der Waals surface area contributed by atoms with Crippen molar-refractivity contribution < 1.29 is 29.7 Å². The minimum atomic E-state index is 0. The molecule has 0 saturated heterocycles. The van der Waals surface area contributed by atoms with Crippen molar-refractivity contribution in [3.8, 4) is 11.5 Å². The van der Waals surface area contributed by atoms with E-state index in [1.807, 2.05) is 48.5 Å². The standard InChI is InChI=1S/C24H18N2O2.Zn/c27-22-11-5-2-8-18(22)15-25-21-14-13-17-7-1-4-10-20(17)24(21)26-16-19-9-3-6-12-23(19)28;/h1-16,27-28H;. The first-order valence-electron chi connectivity index (χ1n) is 8.88. The number of aliphatic imine (C=N–C) groups is 2. The Balaban J connectivity index is 0.00000240. The number of para-hydroxylation sites is 2. The monoisotopic (exact) mass is 430 g/mol. The Hall–Kier alpha value is -3.30. The normalized spacial score (nSPS) is 11.2. The van der Waals surface area contributed by atoms with Gasteiger partial charge in [-0.15, -0.1) is 0 Å². The van der Waals surface area contributed by atoms with Crippen molar-refractivity contribution in [2.75, 3.05) is 0 Å². The first-order chi connectivity index (χ1) is 13.7. The van der Waals surface area contributed by atoms with Crippen LogP contribution in [-0.4, -0.2) is 22.6 Å². The average molecular weight is 432 g/mol. The zero-order chi connectivity index (χ0) is 19.3. The van der Waals surface area contributed by atoms with E-state index < -0.39 is 0 Å². The van der Waals surface area contributed by atoms with E-state index in [1.165, 1.54) is 0 Å². The molecule has 0 bridgehead atoms. The summed E-state index contributed by atoms with van der Waals surface area (Å²) >= 11 is 0. The molecule has 0 radical (unpaired) electrons. The molecule has 0 aliphatic heterocycles. The van der Waals surface area contributed by atoms with Gasteiger partial charge < -0.3 is 10.2 Å². The third-order valence-electron chi connectivity index (χ3n) is 4.43. The van der Waals surface area contributed by atoms with Crippen LogP contribution in [0, 0.1) is 0 Å². The van der Waals surface area contributed by atoms with Crippen LogP contribution in [0.3, 0.4) is 0 Å². The summed E-state index contributed by atoms with van der Waals surface area (Å²) in [5, 5.41) is 22.0. The van der Waals surface area contributed by atoms with Crippen molar-refractivity contribution in [1.82, 2.24) is 0 Å². The number of phenols is 2. The summed E-state index contributed by atoms with van der Waals surface area (Å²) in [6.07, 6.45) is 3.26. The van der Waals surface area contributed by atoms with E-state index in [1.54, 1.807) is 48.8 Å². The van der Waals surface area contributed by atoms with Crippen LogP contribution in [0.4, 0.5) is 11.4 Å². The summed E-state index contributed by atoms with van der Waals surface area (Å²) in [6, 6.07) is 25.9. The van der Waals surface area contributed by atoms with Crippen LogP contribution in [0.15, 0.2) is 94.9 Å². The smallest absolute Gasteiger partial charge is 0.124 e. The third kappa shape index (κ3) is 4.58. The number of fused-ring (bicyclic) bond motifs is 1. The Morgan fingerprint density at radius 1 is 0.586 bits per heavy atom. The predicted molar refractivity (Wildman–Crippen MR) is 115 cm³/mol. The average Bonchev–Trinajstić information content (AvgIpc) is 2.73. The minimum Gasteiger partial charge on any atom is -0.507 e. The van der Waals surface area contributed by atoms with E-state index in [4.69, 9.17) is 0 Å². The maximum absolute atomic E-state index is 10.0. The number of rotatable bonds is 4. The van der Waals surface area contributed by atoms with Crippen LogP contribution in [0.25, 0.3) is 10.8 Å². The van der Waals surface area contributed by atoms with Gasteiger partial charge in [0.2, 0.25) is 0 Å². The Bertz CT molecular complexity index is 1200. The van der Waals surface area contributed by atoms with Crippen molar-refractivity contribution in [1.29, 1.82) is 0 Å². The molecule has 4 aromatic rings. The second-order valence-corrected chi connectivity index (χ2v) is 6.29. The van der Waals surface area contributed by atoms with Gasteiger partial charge in [-0.3, -0.25) is 9.98 Å². The molecule has 0 fully saturated rings. The minimum absolute atomic E-state index is 0. The maximum Gasteiger partial charge on any atom is 0.124 e. The molecule has 0 spiro atoms. The van der Waals surface area contributed by atoms with E-state index >= 15 is 0 Å². The zero-order valence-corrected chi connectivity index (χ0v) is 18.7. The van der Waals surface area contributed by atoms with Gasteiger partial charge in [-0.1, -0.05) is 54.6 Å². The van der Waals surface area contributed by atoms with E-state index in [0.29, 0.717) is 22.5 Å². The third-order valence-corrected chi connectivity index (χ3v) is 4.43. The Morgan fingerprint density at radius 3 is 1.79 bits per heavy atom. The van der Waals surface area contributed by atoms with Crippen LogP contribution in [0.2, 0.25) is 0 Å². The molecule has 5 heteroatoms. The van der Waals surface area contributed by atoms with Crippen LogP contribution < -0.4 is 0 Å². The molecule has 138 valence electrons. The van der Waals surface area contributed by atoms with E-state index in [-0.39, 0.29) is 31.0 Å². The zero-order valence-electron chi connectivity index (χ0n) is 15.7. The molecule has 4 aromatic carbocycles. The van der Waals surface area contributed by atoms with Crippen molar-refractivity contribution in [3.63, 3.8) is 0 Å². The fourth-order valence-corrected chi connectivity index (χ4v) is 2.95. The Kier molecular flexibility index (Phi) is 6.53. The summed E-state index contributed by atoms with van der Waals surface area (Å²) in [5.74, 6) is 0.344. The molecule has 4 nitrogen and oxygen atoms in total. The van der Waals surface area contributed by atoms with Gasteiger partial charge >= 0.3 is 0 Å². The molecule has 0 aliphatic carbocycles. The second-order valence-electron chi connectivity index (χ2n) is 6.29. The molecular weight excluding hydrogens is 414 g/mol. The van der Waals surface area contributed by atoms with Crippen LogP contribution in [-0.2, 0) is 19.5 Å². The largest absolute Gasteiger partial charge is 0.507 e. The molecular formula is C24H18N2O2Zn. The first kappa shape index (κ1) is 20.4. The number of hydrogen-bond donors (Lipinski definition) is 2. The molecule has 29 heavy (non-hydrogen) atoms. The molecule has 0 saturated carbocycles. The Labute approximate surface area is 181 Å². The number of aromatic hydroxyl groups is 2. The van der Waals surface area contributed by atoms with Gasteiger partial charge in [0.15, 0.2) is 0 Å². The van der Waals surface area contributed by atoms with Crippen molar-refractivity contribution in [3.05, 3.63) is 96.1 Å². The second kappa shape index (κ2) is 9.27. The molecule has 4 rings (SSSR count). The van der Waals surface area contributed by atoms with Gasteiger partial charge in [0.05, 0.1) is 11.4 Å². The van der Waals surface area contributed by atoms with Crippen molar-refractivity contribution in [2.24, 2.45) is 9.98 Å². The summed E-state index contributed by atoms with van der Waals surface area (Å²) in [7, 11) is 0. The van der Waals surface area contributed by atoms with E-state index in [2.05, 4.69) is 9.98 Å². The van der Waals surface area contributed by atoms with E-state index in [0.717, 1.165) is 10.8 Å². The molecule has 0 aromatic heterocycles. The summed E-state index contributed by atoms with van der Waals surface area (Å²) < 4.78 is 0. The van der Waals surface area contributed by atoms with Crippen molar-refractivity contribution >= 4 is 34.6 Å². The molecule has 0 aliphatic rings.